The number of methoxy groups -OCH3 is 1. The molecule has 0 bridgehead atoms. The summed E-state index contributed by atoms with van der Waals surface area (Å²) in [6, 6.07) is 2.58. The maximum absolute atomic E-state index is 11.8. The minimum absolute atomic E-state index is 0.392. The molecule has 3 N–H and O–H groups in total. The number of carboxylic acids is 1. The number of urea groups is 1. The van der Waals surface area contributed by atoms with Gasteiger partial charge in [-0.25, -0.2) is 9.59 Å². The molecule has 20 heavy (non-hydrogen) atoms. The van der Waals surface area contributed by atoms with Crippen molar-refractivity contribution in [2.24, 2.45) is 0 Å². The second-order valence-electron chi connectivity index (χ2n) is 4.81. The van der Waals surface area contributed by atoms with E-state index in [0.717, 1.165) is 5.56 Å². The van der Waals surface area contributed by atoms with Crippen LogP contribution in [0, 0.1) is 6.92 Å². The predicted octanol–water partition coefficient (Wildman–Crippen LogP) is 2.64. The highest BCUT2D eigenvalue weighted by molar-refractivity contribution is 6.31. The van der Waals surface area contributed by atoms with Gasteiger partial charge >= 0.3 is 12.0 Å². The molecule has 0 heterocycles. The van der Waals surface area contributed by atoms with Gasteiger partial charge in [0.2, 0.25) is 0 Å². The van der Waals surface area contributed by atoms with Gasteiger partial charge in [0.05, 0.1) is 12.8 Å². The Bertz CT molecular complexity index is 543. The van der Waals surface area contributed by atoms with Crippen LogP contribution in [0.4, 0.5) is 10.5 Å². The lowest BCUT2D eigenvalue weighted by Crippen LogP contribution is -2.51. The summed E-state index contributed by atoms with van der Waals surface area (Å²) in [7, 11) is 1.45. The van der Waals surface area contributed by atoms with Gasteiger partial charge in [0.25, 0.3) is 0 Å². The number of halogens is 1. The number of rotatable bonds is 4. The van der Waals surface area contributed by atoms with Gasteiger partial charge in [0.1, 0.15) is 11.3 Å². The number of nitrogens with one attached hydrogen (secondary N) is 2. The van der Waals surface area contributed by atoms with Gasteiger partial charge < -0.3 is 20.5 Å². The number of carbonyl (C=O) groups excluding carboxylic acids is 1. The summed E-state index contributed by atoms with van der Waals surface area (Å²) >= 11 is 5.96. The first-order valence-electron chi connectivity index (χ1n) is 5.84. The van der Waals surface area contributed by atoms with Crippen LogP contribution in [-0.2, 0) is 4.79 Å². The van der Waals surface area contributed by atoms with Crippen molar-refractivity contribution in [2.75, 3.05) is 12.4 Å². The number of benzene rings is 1. The lowest BCUT2D eigenvalue weighted by Gasteiger charge is -2.21. The van der Waals surface area contributed by atoms with Crippen LogP contribution < -0.4 is 15.4 Å². The molecular weight excluding hydrogens is 284 g/mol. The maximum atomic E-state index is 11.8. The zero-order valence-corrected chi connectivity index (χ0v) is 12.5. The fourth-order valence-electron chi connectivity index (χ4n) is 1.42. The Labute approximate surface area is 122 Å². The normalized spacial score (nSPS) is 10.8. The Morgan fingerprint density at radius 1 is 1.35 bits per heavy atom. The Hall–Kier alpha value is -1.95. The fourth-order valence-corrected chi connectivity index (χ4v) is 1.57. The molecule has 1 aromatic carbocycles. The van der Waals surface area contributed by atoms with Crippen molar-refractivity contribution in [1.82, 2.24) is 5.32 Å². The number of amides is 2. The number of ether oxygens (including phenoxy) is 1. The highest BCUT2D eigenvalue weighted by Crippen LogP contribution is 2.30. The van der Waals surface area contributed by atoms with E-state index < -0.39 is 17.5 Å². The predicted molar refractivity (Wildman–Crippen MR) is 76.6 cm³/mol. The summed E-state index contributed by atoms with van der Waals surface area (Å²) in [5, 5.41) is 14.4. The molecule has 0 unspecified atom stereocenters. The largest absolute Gasteiger partial charge is 0.495 e. The molecular formula is C13H17ClN2O4. The van der Waals surface area contributed by atoms with Gasteiger partial charge in [-0.1, -0.05) is 11.6 Å². The quantitative estimate of drug-likeness (QED) is 0.797. The molecule has 0 atom stereocenters. The average Bonchev–Trinajstić information content (AvgIpc) is 2.32. The summed E-state index contributed by atoms with van der Waals surface area (Å²) in [6.45, 7) is 4.56. The van der Waals surface area contributed by atoms with Crippen LogP contribution in [0.1, 0.15) is 19.4 Å². The molecule has 1 rings (SSSR count). The van der Waals surface area contributed by atoms with E-state index in [2.05, 4.69) is 10.6 Å². The van der Waals surface area contributed by atoms with Crippen LogP contribution in [0.3, 0.4) is 0 Å². The number of carboxylic acid groups (broad SMARTS) is 1. The molecule has 0 aromatic heterocycles. The number of hydrogen-bond acceptors (Lipinski definition) is 3. The maximum Gasteiger partial charge on any atom is 0.328 e. The molecule has 1 aromatic rings. The second-order valence-corrected chi connectivity index (χ2v) is 5.22. The average molecular weight is 301 g/mol. The first-order valence-corrected chi connectivity index (χ1v) is 6.22. The third kappa shape index (κ3) is 3.77. The summed E-state index contributed by atoms with van der Waals surface area (Å²) in [6.07, 6.45) is 0. The lowest BCUT2D eigenvalue weighted by molar-refractivity contribution is -0.142. The van der Waals surface area contributed by atoms with Gasteiger partial charge in [-0.05, 0) is 32.4 Å². The Balaban J connectivity index is 2.91. The molecule has 0 aliphatic carbocycles. The minimum Gasteiger partial charge on any atom is -0.495 e. The van der Waals surface area contributed by atoms with Crippen molar-refractivity contribution in [3.8, 4) is 5.75 Å². The van der Waals surface area contributed by atoms with E-state index in [1.807, 2.05) is 0 Å². The highest BCUT2D eigenvalue weighted by Gasteiger charge is 2.29. The molecule has 0 aliphatic heterocycles. The summed E-state index contributed by atoms with van der Waals surface area (Å²) in [4.78, 5) is 22.8. The first kappa shape index (κ1) is 16.1. The number of carbonyl (C=O) groups is 2. The number of hydrogen-bond donors (Lipinski definition) is 3. The van der Waals surface area contributed by atoms with Crippen molar-refractivity contribution in [1.29, 1.82) is 0 Å². The van der Waals surface area contributed by atoms with E-state index in [0.29, 0.717) is 16.5 Å². The SMILES string of the molecule is COc1cc(Cl)c(C)cc1NC(=O)NC(C)(C)C(=O)O. The van der Waals surface area contributed by atoms with Crippen LogP contribution in [0.2, 0.25) is 5.02 Å². The van der Waals surface area contributed by atoms with Crippen LogP contribution in [-0.4, -0.2) is 29.8 Å². The zero-order chi connectivity index (χ0) is 15.5. The van der Waals surface area contributed by atoms with Crippen molar-refractivity contribution in [3.63, 3.8) is 0 Å². The van der Waals surface area contributed by atoms with Crippen molar-refractivity contribution in [2.45, 2.75) is 26.3 Å². The smallest absolute Gasteiger partial charge is 0.328 e. The number of aliphatic carboxylic acids is 1. The summed E-state index contributed by atoms with van der Waals surface area (Å²) in [5.41, 5.74) is -0.202. The standard InChI is InChI=1S/C13H17ClN2O4/c1-7-5-9(10(20-4)6-8(7)14)15-12(19)16-13(2,3)11(17)18/h5-6H,1-4H3,(H,17,18)(H2,15,16,19). The van der Waals surface area contributed by atoms with E-state index in [-0.39, 0.29) is 0 Å². The summed E-state index contributed by atoms with van der Waals surface area (Å²) in [5.74, 6) is -0.740. The highest BCUT2D eigenvalue weighted by atomic mass is 35.5. The van der Waals surface area contributed by atoms with E-state index in [9.17, 15) is 9.59 Å². The molecule has 7 heteroatoms. The molecule has 0 aliphatic rings. The van der Waals surface area contributed by atoms with Crippen LogP contribution in [0.5, 0.6) is 5.75 Å². The van der Waals surface area contributed by atoms with Crippen LogP contribution in [0.15, 0.2) is 12.1 Å². The molecule has 2 amide bonds. The van der Waals surface area contributed by atoms with E-state index >= 15 is 0 Å². The molecule has 6 nitrogen and oxygen atoms in total. The molecule has 0 fully saturated rings. The summed E-state index contributed by atoms with van der Waals surface area (Å²) < 4.78 is 5.12. The monoisotopic (exact) mass is 300 g/mol. The van der Waals surface area contributed by atoms with Crippen LogP contribution in [0.25, 0.3) is 0 Å². The second kappa shape index (κ2) is 6.00. The molecule has 0 saturated carbocycles. The fraction of sp³-hybridized carbons (Fsp3) is 0.385. The van der Waals surface area contributed by atoms with E-state index in [1.165, 1.54) is 21.0 Å². The van der Waals surface area contributed by atoms with Crippen molar-refractivity contribution in [3.05, 3.63) is 22.7 Å². The Kier molecular flexibility index (Phi) is 4.83. The first-order chi connectivity index (χ1) is 9.17. The Morgan fingerprint density at radius 2 is 1.95 bits per heavy atom. The Morgan fingerprint density at radius 3 is 2.45 bits per heavy atom. The molecule has 0 spiro atoms. The topological polar surface area (TPSA) is 87.7 Å². The molecule has 0 radical (unpaired) electrons. The van der Waals surface area contributed by atoms with Gasteiger partial charge in [-0.2, -0.15) is 0 Å². The van der Waals surface area contributed by atoms with Crippen molar-refractivity contribution < 1.29 is 19.4 Å². The number of anilines is 1. The minimum atomic E-state index is -1.38. The molecule has 110 valence electrons. The van der Waals surface area contributed by atoms with E-state index in [4.69, 9.17) is 21.4 Å². The lowest BCUT2D eigenvalue weighted by atomic mass is 10.1. The van der Waals surface area contributed by atoms with E-state index in [1.54, 1.807) is 19.1 Å². The third-order valence-electron chi connectivity index (χ3n) is 2.69. The number of aryl methyl sites for hydroxylation is 1. The van der Waals surface area contributed by atoms with Crippen molar-refractivity contribution >= 4 is 29.3 Å². The van der Waals surface area contributed by atoms with Gasteiger partial charge in [0.15, 0.2) is 0 Å². The van der Waals surface area contributed by atoms with Gasteiger partial charge in [0, 0.05) is 11.1 Å². The zero-order valence-electron chi connectivity index (χ0n) is 11.7. The molecule has 0 saturated heterocycles. The van der Waals surface area contributed by atoms with Crippen LogP contribution >= 0.6 is 11.6 Å². The van der Waals surface area contributed by atoms with Gasteiger partial charge in [-0.3, -0.25) is 0 Å². The third-order valence-corrected chi connectivity index (χ3v) is 3.10. The van der Waals surface area contributed by atoms with Gasteiger partial charge in [-0.15, -0.1) is 0 Å².